The molecule has 20 heavy (non-hydrogen) atoms. The van der Waals surface area contributed by atoms with Crippen molar-refractivity contribution in [3.8, 4) is 0 Å². The first-order chi connectivity index (χ1) is 9.63. The van der Waals surface area contributed by atoms with Gasteiger partial charge >= 0.3 is 5.97 Å². The van der Waals surface area contributed by atoms with Crippen LogP contribution in [0.4, 0.5) is 5.69 Å². The number of rotatable bonds is 3. The summed E-state index contributed by atoms with van der Waals surface area (Å²) >= 11 is 3.26. The first kappa shape index (κ1) is 14.2. The minimum absolute atomic E-state index is 0.243. The van der Waals surface area contributed by atoms with Crippen LogP contribution < -0.4 is 5.32 Å². The van der Waals surface area contributed by atoms with Crippen LogP contribution in [0, 0.1) is 0 Å². The molecule has 0 radical (unpaired) electrons. The fraction of sp³-hybridized carbons (Fsp3) is 0.0714. The van der Waals surface area contributed by atoms with Crippen LogP contribution in [-0.2, 0) is 4.74 Å². The van der Waals surface area contributed by atoms with Gasteiger partial charge in [-0.05, 0) is 40.2 Å². The van der Waals surface area contributed by atoms with Gasteiger partial charge in [0.1, 0.15) is 5.69 Å². The third kappa shape index (κ3) is 3.03. The zero-order valence-electron chi connectivity index (χ0n) is 10.6. The molecule has 1 aromatic carbocycles. The van der Waals surface area contributed by atoms with Crippen molar-refractivity contribution in [2.24, 2.45) is 0 Å². The number of carbonyl (C=O) groups is 2. The number of anilines is 1. The van der Waals surface area contributed by atoms with E-state index in [4.69, 9.17) is 0 Å². The number of esters is 1. The van der Waals surface area contributed by atoms with Crippen molar-refractivity contribution in [3.05, 3.63) is 58.3 Å². The van der Waals surface area contributed by atoms with Crippen molar-refractivity contribution in [3.63, 3.8) is 0 Å². The van der Waals surface area contributed by atoms with Gasteiger partial charge < -0.3 is 10.1 Å². The average Bonchev–Trinajstić information content (AvgIpc) is 2.47. The summed E-state index contributed by atoms with van der Waals surface area (Å²) in [5.41, 5.74) is 0.907. The lowest BCUT2D eigenvalue weighted by Crippen LogP contribution is -2.17. The highest BCUT2D eigenvalue weighted by atomic mass is 79.9. The quantitative estimate of drug-likeness (QED) is 0.876. The molecule has 1 heterocycles. The Kier molecular flexibility index (Phi) is 4.47. The molecule has 0 aliphatic carbocycles. The number of benzene rings is 1. The molecule has 102 valence electrons. The molecule has 2 rings (SSSR count). The summed E-state index contributed by atoms with van der Waals surface area (Å²) in [5, 5.41) is 2.65. The normalized spacial score (nSPS) is 9.90. The SMILES string of the molecule is COC(=O)c1ccccc1NC(=O)c1ncccc1Br. The fourth-order valence-corrected chi connectivity index (χ4v) is 2.05. The van der Waals surface area contributed by atoms with E-state index in [9.17, 15) is 9.59 Å². The third-order valence-electron chi connectivity index (χ3n) is 2.55. The van der Waals surface area contributed by atoms with Crippen molar-refractivity contribution in [2.45, 2.75) is 0 Å². The van der Waals surface area contributed by atoms with Crippen LogP contribution in [0.1, 0.15) is 20.8 Å². The Morgan fingerprint density at radius 1 is 1.20 bits per heavy atom. The van der Waals surface area contributed by atoms with Crippen LogP contribution in [0.25, 0.3) is 0 Å². The zero-order chi connectivity index (χ0) is 14.5. The Balaban J connectivity index is 2.29. The summed E-state index contributed by atoms with van der Waals surface area (Å²) in [6, 6.07) is 10.0. The number of nitrogens with zero attached hydrogens (tertiary/aromatic N) is 1. The lowest BCUT2D eigenvalue weighted by atomic mass is 10.1. The van der Waals surface area contributed by atoms with E-state index in [-0.39, 0.29) is 11.3 Å². The molecule has 0 spiro atoms. The molecule has 6 heteroatoms. The van der Waals surface area contributed by atoms with E-state index in [0.29, 0.717) is 10.2 Å². The maximum absolute atomic E-state index is 12.1. The van der Waals surface area contributed by atoms with Gasteiger partial charge in [0.25, 0.3) is 5.91 Å². The molecule has 0 aliphatic rings. The Morgan fingerprint density at radius 2 is 1.95 bits per heavy atom. The van der Waals surface area contributed by atoms with E-state index in [0.717, 1.165) is 0 Å². The molecule has 0 aliphatic heterocycles. The van der Waals surface area contributed by atoms with E-state index in [1.807, 2.05) is 0 Å². The number of hydrogen-bond acceptors (Lipinski definition) is 4. The molecular formula is C14H11BrN2O3. The Labute approximate surface area is 124 Å². The van der Waals surface area contributed by atoms with Crippen molar-refractivity contribution in [2.75, 3.05) is 12.4 Å². The number of aromatic nitrogens is 1. The van der Waals surface area contributed by atoms with Crippen LogP contribution in [-0.4, -0.2) is 24.0 Å². The van der Waals surface area contributed by atoms with Gasteiger partial charge in [0.2, 0.25) is 0 Å². The standard InChI is InChI=1S/C14H11BrN2O3/c1-20-14(19)9-5-2-3-7-11(9)17-13(18)12-10(15)6-4-8-16-12/h2-8H,1H3,(H,17,18). The molecule has 0 fully saturated rings. The second-order valence-corrected chi connectivity index (χ2v) is 4.68. The van der Waals surface area contributed by atoms with Crippen molar-refractivity contribution < 1.29 is 14.3 Å². The van der Waals surface area contributed by atoms with Crippen LogP contribution in [0.15, 0.2) is 47.1 Å². The fourth-order valence-electron chi connectivity index (χ4n) is 1.61. The molecular weight excluding hydrogens is 324 g/mol. The number of hydrogen-bond donors (Lipinski definition) is 1. The van der Waals surface area contributed by atoms with Gasteiger partial charge in [-0.1, -0.05) is 12.1 Å². The topological polar surface area (TPSA) is 68.3 Å². The van der Waals surface area contributed by atoms with E-state index < -0.39 is 11.9 Å². The first-order valence-electron chi connectivity index (χ1n) is 5.72. The number of halogens is 1. The van der Waals surface area contributed by atoms with Crippen LogP contribution >= 0.6 is 15.9 Å². The van der Waals surface area contributed by atoms with E-state index >= 15 is 0 Å². The van der Waals surface area contributed by atoms with Crippen LogP contribution in [0.3, 0.4) is 0 Å². The minimum atomic E-state index is -0.513. The van der Waals surface area contributed by atoms with Crippen molar-refractivity contribution >= 4 is 33.5 Å². The van der Waals surface area contributed by atoms with E-state index in [2.05, 4.69) is 31.0 Å². The maximum Gasteiger partial charge on any atom is 0.339 e. The first-order valence-corrected chi connectivity index (χ1v) is 6.52. The Morgan fingerprint density at radius 3 is 2.65 bits per heavy atom. The van der Waals surface area contributed by atoms with Gasteiger partial charge in [0.05, 0.1) is 18.4 Å². The van der Waals surface area contributed by atoms with Gasteiger partial charge in [-0.2, -0.15) is 0 Å². The number of para-hydroxylation sites is 1. The molecule has 1 N–H and O–H groups in total. The molecule has 0 saturated heterocycles. The summed E-state index contributed by atoms with van der Waals surface area (Å²) in [6.07, 6.45) is 1.52. The minimum Gasteiger partial charge on any atom is -0.465 e. The molecule has 1 aromatic heterocycles. The second kappa shape index (κ2) is 6.29. The number of nitrogens with one attached hydrogen (secondary N) is 1. The molecule has 5 nitrogen and oxygen atoms in total. The second-order valence-electron chi connectivity index (χ2n) is 3.83. The van der Waals surface area contributed by atoms with Crippen molar-refractivity contribution in [1.29, 1.82) is 0 Å². The van der Waals surface area contributed by atoms with E-state index in [1.54, 1.807) is 36.4 Å². The van der Waals surface area contributed by atoms with Gasteiger partial charge in [-0.25, -0.2) is 9.78 Å². The van der Waals surface area contributed by atoms with Gasteiger partial charge in [-0.3, -0.25) is 4.79 Å². The number of pyridine rings is 1. The molecule has 0 atom stereocenters. The lowest BCUT2D eigenvalue weighted by molar-refractivity contribution is 0.0602. The summed E-state index contributed by atoms with van der Waals surface area (Å²) in [7, 11) is 1.29. The van der Waals surface area contributed by atoms with Crippen LogP contribution in [0.2, 0.25) is 0 Å². The molecule has 1 amide bonds. The smallest absolute Gasteiger partial charge is 0.339 e. The van der Waals surface area contributed by atoms with Crippen LogP contribution in [0.5, 0.6) is 0 Å². The third-order valence-corrected chi connectivity index (χ3v) is 3.19. The summed E-state index contributed by atoms with van der Waals surface area (Å²) in [5.74, 6) is -0.921. The molecule has 0 unspecified atom stereocenters. The highest BCUT2D eigenvalue weighted by Crippen LogP contribution is 2.19. The average molecular weight is 335 g/mol. The number of carbonyl (C=O) groups excluding carboxylic acids is 2. The lowest BCUT2D eigenvalue weighted by Gasteiger charge is -2.09. The summed E-state index contributed by atoms with van der Waals surface area (Å²) < 4.78 is 5.25. The highest BCUT2D eigenvalue weighted by Gasteiger charge is 2.16. The number of methoxy groups -OCH3 is 1. The molecule has 0 saturated carbocycles. The predicted octanol–water partition coefficient (Wildman–Crippen LogP) is 2.88. The summed E-state index contributed by atoms with van der Waals surface area (Å²) in [4.78, 5) is 27.8. The number of amides is 1. The summed E-state index contributed by atoms with van der Waals surface area (Å²) in [6.45, 7) is 0. The van der Waals surface area contributed by atoms with Gasteiger partial charge in [-0.15, -0.1) is 0 Å². The maximum atomic E-state index is 12.1. The highest BCUT2D eigenvalue weighted by molar-refractivity contribution is 9.10. The Bertz CT molecular complexity index is 658. The van der Waals surface area contributed by atoms with Crippen molar-refractivity contribution in [1.82, 2.24) is 4.98 Å². The largest absolute Gasteiger partial charge is 0.465 e. The predicted molar refractivity (Wildman–Crippen MR) is 77.7 cm³/mol. The van der Waals surface area contributed by atoms with Gasteiger partial charge in [0.15, 0.2) is 0 Å². The Hall–Kier alpha value is -2.21. The van der Waals surface area contributed by atoms with Gasteiger partial charge in [0, 0.05) is 10.7 Å². The molecule has 0 bridgehead atoms. The zero-order valence-corrected chi connectivity index (χ0v) is 12.2. The monoisotopic (exact) mass is 334 g/mol. The number of ether oxygens (including phenoxy) is 1. The molecule has 2 aromatic rings. The van der Waals surface area contributed by atoms with E-state index in [1.165, 1.54) is 13.3 Å².